The highest BCUT2D eigenvalue weighted by molar-refractivity contribution is 7.99. The number of hydrogen-bond donors (Lipinski definition) is 2. The number of carbonyl (C=O) groups is 1. The van der Waals surface area contributed by atoms with Gasteiger partial charge in [0, 0.05) is 11.6 Å². The van der Waals surface area contributed by atoms with Crippen molar-refractivity contribution >= 4 is 17.7 Å². The van der Waals surface area contributed by atoms with E-state index in [0.29, 0.717) is 11.7 Å². The van der Waals surface area contributed by atoms with Crippen LogP contribution in [0.1, 0.15) is 23.3 Å². The number of amides is 1. The van der Waals surface area contributed by atoms with Gasteiger partial charge in [-0.2, -0.15) is 11.8 Å². The minimum atomic E-state index is -0.298. The quantitative estimate of drug-likeness (QED) is 0.880. The van der Waals surface area contributed by atoms with Crippen molar-refractivity contribution in [1.29, 1.82) is 0 Å². The van der Waals surface area contributed by atoms with E-state index in [-0.39, 0.29) is 24.2 Å². The molecule has 23 heavy (non-hydrogen) atoms. The van der Waals surface area contributed by atoms with E-state index < -0.39 is 0 Å². The Hall–Kier alpha value is -1.79. The molecule has 6 heteroatoms. The zero-order valence-electron chi connectivity index (χ0n) is 12.8. The first kappa shape index (κ1) is 16.1. The van der Waals surface area contributed by atoms with E-state index in [1.165, 1.54) is 0 Å². The second kappa shape index (κ2) is 7.66. The van der Waals surface area contributed by atoms with Gasteiger partial charge in [-0.3, -0.25) is 4.79 Å². The third-order valence-corrected chi connectivity index (χ3v) is 5.20. The van der Waals surface area contributed by atoms with Crippen LogP contribution in [0.2, 0.25) is 0 Å². The fourth-order valence-corrected chi connectivity index (χ4v) is 3.94. The van der Waals surface area contributed by atoms with Crippen molar-refractivity contribution in [3.05, 3.63) is 42.1 Å². The van der Waals surface area contributed by atoms with E-state index in [9.17, 15) is 9.90 Å². The molecule has 122 valence electrons. The Morgan fingerprint density at radius 3 is 2.78 bits per heavy atom. The van der Waals surface area contributed by atoms with Crippen LogP contribution in [-0.4, -0.2) is 40.3 Å². The maximum atomic E-state index is 12.4. The van der Waals surface area contributed by atoms with Crippen LogP contribution >= 0.6 is 11.8 Å². The zero-order chi connectivity index (χ0) is 16.1. The molecule has 1 fully saturated rings. The number of carbonyl (C=O) groups excluding carboxylic acids is 1. The van der Waals surface area contributed by atoms with Crippen molar-refractivity contribution in [1.82, 2.24) is 10.5 Å². The maximum absolute atomic E-state index is 12.4. The number of aliphatic hydroxyl groups excluding tert-OH is 1. The molecular weight excluding hydrogens is 312 g/mol. The molecule has 2 N–H and O–H groups in total. The second-order valence-corrected chi connectivity index (χ2v) is 6.88. The highest BCUT2D eigenvalue weighted by Crippen LogP contribution is 2.26. The number of aliphatic hydroxyl groups is 1. The van der Waals surface area contributed by atoms with Crippen molar-refractivity contribution in [3.63, 3.8) is 0 Å². The molecule has 0 unspecified atom stereocenters. The van der Waals surface area contributed by atoms with Gasteiger partial charge in [-0.25, -0.2) is 0 Å². The van der Waals surface area contributed by atoms with Gasteiger partial charge in [0.15, 0.2) is 11.5 Å². The lowest BCUT2D eigenvalue weighted by Gasteiger charge is -2.29. The number of hydrogen-bond acceptors (Lipinski definition) is 5. The van der Waals surface area contributed by atoms with Crippen LogP contribution in [0.3, 0.4) is 0 Å². The van der Waals surface area contributed by atoms with E-state index >= 15 is 0 Å². The average molecular weight is 332 g/mol. The molecule has 1 aliphatic heterocycles. The van der Waals surface area contributed by atoms with Crippen LogP contribution < -0.4 is 5.32 Å². The first-order chi connectivity index (χ1) is 11.3. The van der Waals surface area contributed by atoms with Gasteiger partial charge in [0.2, 0.25) is 0 Å². The molecular formula is C17H20N2O3S. The molecule has 0 aliphatic carbocycles. The Labute approximate surface area is 139 Å². The van der Waals surface area contributed by atoms with Crippen LogP contribution in [0, 0.1) is 5.92 Å². The highest BCUT2D eigenvalue weighted by Gasteiger charge is 2.26. The number of nitrogens with zero attached hydrogens (tertiary/aromatic N) is 1. The van der Waals surface area contributed by atoms with Crippen LogP contribution in [0.15, 0.2) is 40.9 Å². The van der Waals surface area contributed by atoms with E-state index in [4.69, 9.17) is 4.52 Å². The summed E-state index contributed by atoms with van der Waals surface area (Å²) in [4.78, 5) is 12.4. The number of benzene rings is 1. The minimum absolute atomic E-state index is 0.0511. The lowest BCUT2D eigenvalue weighted by atomic mass is 9.94. The summed E-state index contributed by atoms with van der Waals surface area (Å²) in [7, 11) is 0. The van der Waals surface area contributed by atoms with Gasteiger partial charge in [0.1, 0.15) is 0 Å². The van der Waals surface area contributed by atoms with E-state index in [1.54, 1.807) is 6.07 Å². The van der Waals surface area contributed by atoms with Crippen LogP contribution in [-0.2, 0) is 0 Å². The van der Waals surface area contributed by atoms with Gasteiger partial charge < -0.3 is 14.9 Å². The summed E-state index contributed by atoms with van der Waals surface area (Å²) in [6.07, 6.45) is 2.04. The van der Waals surface area contributed by atoms with Crippen molar-refractivity contribution in [2.45, 2.75) is 18.9 Å². The van der Waals surface area contributed by atoms with E-state index in [1.807, 2.05) is 42.1 Å². The summed E-state index contributed by atoms with van der Waals surface area (Å²) in [6.45, 7) is -0.0511. The van der Waals surface area contributed by atoms with Gasteiger partial charge in [-0.15, -0.1) is 0 Å². The van der Waals surface area contributed by atoms with Gasteiger partial charge in [0.25, 0.3) is 5.91 Å². The van der Waals surface area contributed by atoms with Gasteiger partial charge in [-0.05, 0) is 30.3 Å². The predicted molar refractivity (Wildman–Crippen MR) is 90.3 cm³/mol. The molecule has 1 atom stereocenters. The molecule has 1 aromatic carbocycles. The molecule has 1 aromatic heterocycles. The Balaban J connectivity index is 1.67. The van der Waals surface area contributed by atoms with Gasteiger partial charge in [0.05, 0.1) is 12.6 Å². The van der Waals surface area contributed by atoms with Gasteiger partial charge >= 0.3 is 0 Å². The summed E-state index contributed by atoms with van der Waals surface area (Å²) < 4.78 is 5.26. The van der Waals surface area contributed by atoms with Crippen molar-refractivity contribution < 1.29 is 14.4 Å². The number of aromatic nitrogens is 1. The number of rotatable bonds is 5. The molecule has 3 rings (SSSR count). The monoisotopic (exact) mass is 332 g/mol. The number of thioether (sulfide) groups is 1. The predicted octanol–water partition coefficient (Wildman–Crippen LogP) is 2.58. The first-order valence-electron chi connectivity index (χ1n) is 7.79. The Morgan fingerprint density at radius 2 is 2.09 bits per heavy atom. The topological polar surface area (TPSA) is 75.4 Å². The second-order valence-electron chi connectivity index (χ2n) is 5.65. The molecule has 2 aromatic rings. The fraction of sp³-hybridized carbons (Fsp3) is 0.412. The molecule has 1 saturated heterocycles. The maximum Gasteiger partial charge on any atom is 0.273 e. The largest absolute Gasteiger partial charge is 0.394 e. The molecule has 2 heterocycles. The van der Waals surface area contributed by atoms with E-state index in [0.717, 1.165) is 29.9 Å². The van der Waals surface area contributed by atoms with E-state index in [2.05, 4.69) is 10.5 Å². The van der Waals surface area contributed by atoms with Crippen LogP contribution in [0.4, 0.5) is 0 Å². The third kappa shape index (κ3) is 3.95. The Morgan fingerprint density at radius 1 is 1.35 bits per heavy atom. The summed E-state index contributed by atoms with van der Waals surface area (Å²) in [5.74, 6) is 2.75. The summed E-state index contributed by atoms with van der Waals surface area (Å²) in [6, 6.07) is 10.9. The smallest absolute Gasteiger partial charge is 0.273 e. The fourth-order valence-electron chi connectivity index (χ4n) is 2.79. The zero-order valence-corrected chi connectivity index (χ0v) is 13.6. The van der Waals surface area contributed by atoms with Crippen LogP contribution in [0.25, 0.3) is 11.3 Å². The lowest BCUT2D eigenvalue weighted by Crippen LogP contribution is -2.44. The standard InChI is InChI=1S/C17H20N2O3S/c20-11-15(12-6-8-23-9-7-12)18-17(21)14-10-16(22-19-14)13-4-2-1-3-5-13/h1-5,10,12,15,20H,6-9,11H2,(H,18,21)/t15-/m1/s1. The molecule has 0 radical (unpaired) electrons. The highest BCUT2D eigenvalue weighted by atomic mass is 32.2. The number of nitrogens with one attached hydrogen (secondary N) is 1. The lowest BCUT2D eigenvalue weighted by molar-refractivity contribution is 0.0875. The van der Waals surface area contributed by atoms with Crippen molar-refractivity contribution in [2.24, 2.45) is 5.92 Å². The summed E-state index contributed by atoms with van der Waals surface area (Å²) >= 11 is 1.92. The Kier molecular flexibility index (Phi) is 5.35. The molecule has 1 amide bonds. The third-order valence-electron chi connectivity index (χ3n) is 4.15. The summed E-state index contributed by atoms with van der Waals surface area (Å²) in [5.41, 5.74) is 1.12. The molecule has 5 nitrogen and oxygen atoms in total. The summed E-state index contributed by atoms with van der Waals surface area (Å²) in [5, 5.41) is 16.3. The molecule has 0 bridgehead atoms. The average Bonchev–Trinajstić information content (AvgIpc) is 3.11. The Bertz CT molecular complexity index is 638. The van der Waals surface area contributed by atoms with Gasteiger partial charge in [-0.1, -0.05) is 35.5 Å². The van der Waals surface area contributed by atoms with Crippen LogP contribution in [0.5, 0.6) is 0 Å². The normalized spacial score (nSPS) is 16.9. The molecule has 0 spiro atoms. The molecule has 1 aliphatic rings. The molecule has 0 saturated carbocycles. The minimum Gasteiger partial charge on any atom is -0.394 e. The first-order valence-corrected chi connectivity index (χ1v) is 8.95. The SMILES string of the molecule is O=C(N[C@H](CO)C1CCSCC1)c1cc(-c2ccccc2)on1. The van der Waals surface area contributed by atoms with Crippen molar-refractivity contribution in [3.8, 4) is 11.3 Å². The van der Waals surface area contributed by atoms with Crippen molar-refractivity contribution in [2.75, 3.05) is 18.1 Å².